The maximum atomic E-state index is 6.02. The van der Waals surface area contributed by atoms with Crippen molar-refractivity contribution in [3.8, 4) is 0 Å². The Morgan fingerprint density at radius 2 is 0.900 bits per heavy atom. The Balaban J connectivity index is 1.47. The molecule has 0 fully saturated rings. The molecule has 7 rings (SSSR count). The van der Waals surface area contributed by atoms with E-state index >= 15 is 0 Å². The number of furan rings is 2. The van der Waals surface area contributed by atoms with Crippen LogP contribution in [0.4, 0.5) is 34.1 Å². The van der Waals surface area contributed by atoms with Crippen molar-refractivity contribution in [2.45, 2.75) is 13.3 Å². The second-order valence-corrected chi connectivity index (χ2v) is 9.79. The highest BCUT2D eigenvalue weighted by molar-refractivity contribution is 5.99. The van der Waals surface area contributed by atoms with E-state index in [1.54, 1.807) is 0 Å². The van der Waals surface area contributed by atoms with Crippen LogP contribution in [0.2, 0.25) is 0 Å². The van der Waals surface area contributed by atoms with E-state index < -0.39 is 0 Å². The topological polar surface area (TPSA) is 32.8 Å². The summed E-state index contributed by atoms with van der Waals surface area (Å²) < 4.78 is 12.0. The standard InChI is InChI=1S/C36H28N2O2/c1-2-26-21-29(37(27-13-5-3-6-14-27)33-24-39-35-19-11-9-17-31(33)35)23-30(22-26)38(28-15-7-4-8-16-28)34-25-40-36-20-12-10-18-32(34)36/h3-25H,2H2,1H3. The number of aryl methyl sites for hydroxylation is 1. The fourth-order valence-electron chi connectivity index (χ4n) is 5.40. The summed E-state index contributed by atoms with van der Waals surface area (Å²) in [5, 5.41) is 2.13. The maximum absolute atomic E-state index is 6.02. The van der Waals surface area contributed by atoms with Gasteiger partial charge in [-0.1, -0.05) is 67.6 Å². The molecular formula is C36H28N2O2. The van der Waals surface area contributed by atoms with Crippen LogP contribution >= 0.6 is 0 Å². The van der Waals surface area contributed by atoms with Crippen molar-refractivity contribution < 1.29 is 8.83 Å². The molecule has 0 spiro atoms. The molecule has 2 aromatic heterocycles. The number of rotatable bonds is 7. The average Bonchev–Trinajstić information content (AvgIpc) is 3.64. The van der Waals surface area contributed by atoms with Gasteiger partial charge in [-0.2, -0.15) is 0 Å². The second kappa shape index (κ2) is 10.2. The molecule has 194 valence electrons. The lowest BCUT2D eigenvalue weighted by Crippen LogP contribution is -2.13. The van der Waals surface area contributed by atoms with Gasteiger partial charge in [0.15, 0.2) is 0 Å². The van der Waals surface area contributed by atoms with Crippen LogP contribution in [0.25, 0.3) is 21.9 Å². The molecule has 0 amide bonds. The average molecular weight is 521 g/mol. The molecule has 0 atom stereocenters. The molecule has 40 heavy (non-hydrogen) atoms. The van der Waals surface area contributed by atoms with Crippen molar-refractivity contribution in [3.05, 3.63) is 145 Å². The van der Waals surface area contributed by atoms with Crippen LogP contribution in [-0.4, -0.2) is 0 Å². The van der Waals surface area contributed by atoms with E-state index in [0.29, 0.717) is 0 Å². The van der Waals surface area contributed by atoms with E-state index in [4.69, 9.17) is 8.83 Å². The first-order chi connectivity index (χ1) is 19.8. The molecule has 0 aliphatic carbocycles. The Kier molecular flexibility index (Phi) is 6.06. The van der Waals surface area contributed by atoms with Crippen molar-refractivity contribution >= 4 is 56.1 Å². The van der Waals surface area contributed by atoms with Crippen LogP contribution in [-0.2, 0) is 6.42 Å². The van der Waals surface area contributed by atoms with Crippen molar-refractivity contribution in [1.82, 2.24) is 0 Å². The molecular weight excluding hydrogens is 492 g/mol. The Hall–Kier alpha value is -5.22. The highest BCUT2D eigenvalue weighted by Gasteiger charge is 2.22. The van der Waals surface area contributed by atoms with E-state index in [2.05, 4.69) is 108 Å². The lowest BCUT2D eigenvalue weighted by molar-refractivity contribution is 0.616. The summed E-state index contributed by atoms with van der Waals surface area (Å²) in [6, 6.07) is 44.1. The fraction of sp³-hybridized carbons (Fsp3) is 0.0556. The minimum absolute atomic E-state index is 0.862. The maximum Gasteiger partial charge on any atom is 0.136 e. The number of fused-ring (bicyclic) bond motifs is 2. The monoisotopic (exact) mass is 520 g/mol. The number of benzene rings is 5. The molecule has 0 aliphatic rings. The normalized spacial score (nSPS) is 11.2. The first-order valence-corrected chi connectivity index (χ1v) is 13.6. The Labute approximate surface area is 233 Å². The summed E-state index contributed by atoms with van der Waals surface area (Å²) in [6.07, 6.45) is 4.60. The molecule has 0 saturated carbocycles. The van der Waals surface area contributed by atoms with Crippen molar-refractivity contribution in [3.63, 3.8) is 0 Å². The summed E-state index contributed by atoms with van der Waals surface area (Å²) >= 11 is 0. The van der Waals surface area contributed by atoms with Gasteiger partial charge in [-0.05, 0) is 78.7 Å². The Morgan fingerprint density at radius 1 is 0.475 bits per heavy atom. The number of hydrogen-bond donors (Lipinski definition) is 0. The van der Waals surface area contributed by atoms with Gasteiger partial charge in [-0.3, -0.25) is 0 Å². The summed E-state index contributed by atoms with van der Waals surface area (Å²) in [6.45, 7) is 2.20. The van der Waals surface area contributed by atoms with Gasteiger partial charge in [-0.15, -0.1) is 0 Å². The van der Waals surface area contributed by atoms with E-state index in [1.807, 2.05) is 48.9 Å². The van der Waals surface area contributed by atoms with Gasteiger partial charge in [0.1, 0.15) is 23.7 Å². The molecule has 5 aromatic carbocycles. The number of para-hydroxylation sites is 4. The van der Waals surface area contributed by atoms with E-state index in [0.717, 1.165) is 62.5 Å². The first-order valence-electron chi connectivity index (χ1n) is 13.6. The van der Waals surface area contributed by atoms with E-state index in [-0.39, 0.29) is 0 Å². The van der Waals surface area contributed by atoms with Gasteiger partial charge in [-0.25, -0.2) is 0 Å². The minimum Gasteiger partial charge on any atom is -0.462 e. The number of anilines is 6. The fourth-order valence-corrected chi connectivity index (χ4v) is 5.40. The van der Waals surface area contributed by atoms with Crippen LogP contribution in [0.1, 0.15) is 12.5 Å². The van der Waals surface area contributed by atoms with Crippen LogP contribution in [0.3, 0.4) is 0 Å². The summed E-state index contributed by atoms with van der Waals surface area (Å²) in [5.41, 5.74) is 9.20. The summed E-state index contributed by atoms with van der Waals surface area (Å²) in [5.74, 6) is 0. The Morgan fingerprint density at radius 3 is 1.35 bits per heavy atom. The second-order valence-electron chi connectivity index (χ2n) is 9.79. The summed E-state index contributed by atoms with van der Waals surface area (Å²) in [7, 11) is 0. The zero-order valence-corrected chi connectivity index (χ0v) is 22.2. The van der Waals surface area contributed by atoms with Crippen molar-refractivity contribution in [2.24, 2.45) is 0 Å². The quantitative estimate of drug-likeness (QED) is 0.209. The smallest absolute Gasteiger partial charge is 0.136 e. The predicted molar refractivity (Wildman–Crippen MR) is 165 cm³/mol. The van der Waals surface area contributed by atoms with Crippen LogP contribution < -0.4 is 9.80 Å². The third kappa shape index (κ3) is 4.20. The van der Waals surface area contributed by atoms with Crippen molar-refractivity contribution in [2.75, 3.05) is 9.80 Å². The molecule has 0 saturated heterocycles. The first kappa shape index (κ1) is 23.9. The molecule has 0 radical (unpaired) electrons. The van der Waals surface area contributed by atoms with Gasteiger partial charge in [0.25, 0.3) is 0 Å². The highest BCUT2D eigenvalue weighted by atomic mass is 16.3. The van der Waals surface area contributed by atoms with Crippen LogP contribution in [0.15, 0.2) is 149 Å². The largest absolute Gasteiger partial charge is 0.462 e. The molecule has 0 bridgehead atoms. The van der Waals surface area contributed by atoms with Gasteiger partial charge in [0, 0.05) is 33.5 Å². The summed E-state index contributed by atoms with van der Waals surface area (Å²) in [4.78, 5) is 4.57. The SMILES string of the molecule is CCc1cc(N(c2ccccc2)c2coc3ccccc23)cc(N(c2ccccc2)c2coc3ccccc23)c1. The van der Waals surface area contributed by atoms with Crippen LogP contribution in [0.5, 0.6) is 0 Å². The molecule has 0 aliphatic heterocycles. The Bertz CT molecular complexity index is 1770. The lowest BCUT2D eigenvalue weighted by Gasteiger charge is -2.29. The van der Waals surface area contributed by atoms with Gasteiger partial charge in [0.2, 0.25) is 0 Å². The van der Waals surface area contributed by atoms with Gasteiger partial charge in [0.05, 0.1) is 11.4 Å². The van der Waals surface area contributed by atoms with Crippen molar-refractivity contribution in [1.29, 1.82) is 0 Å². The third-order valence-electron chi connectivity index (χ3n) is 7.32. The number of hydrogen-bond acceptors (Lipinski definition) is 4. The number of nitrogens with zero attached hydrogens (tertiary/aromatic N) is 2. The predicted octanol–water partition coefficient (Wildman–Crippen LogP) is 10.7. The van der Waals surface area contributed by atoms with Gasteiger partial charge < -0.3 is 18.6 Å². The van der Waals surface area contributed by atoms with E-state index in [9.17, 15) is 0 Å². The molecule has 0 N–H and O–H groups in total. The molecule has 0 unspecified atom stereocenters. The minimum atomic E-state index is 0.862. The molecule has 4 nitrogen and oxygen atoms in total. The molecule has 7 aromatic rings. The molecule has 2 heterocycles. The zero-order chi connectivity index (χ0) is 26.9. The highest BCUT2D eigenvalue weighted by Crippen LogP contribution is 2.45. The third-order valence-corrected chi connectivity index (χ3v) is 7.32. The zero-order valence-electron chi connectivity index (χ0n) is 22.2. The molecule has 4 heteroatoms. The lowest BCUT2D eigenvalue weighted by atomic mass is 10.1. The van der Waals surface area contributed by atoms with E-state index in [1.165, 1.54) is 5.56 Å². The van der Waals surface area contributed by atoms with Crippen LogP contribution in [0, 0.1) is 0 Å². The van der Waals surface area contributed by atoms with Gasteiger partial charge >= 0.3 is 0 Å².